The maximum Gasteiger partial charge on any atom is 0.0453 e. The maximum absolute atomic E-state index is 6.36. The molecule has 1 aromatic heterocycles. The largest absolute Gasteiger partial charge is 0.323 e. The molecule has 0 fully saturated rings. The number of rotatable bonds is 3. The lowest BCUT2D eigenvalue weighted by molar-refractivity contribution is 0.695. The topological polar surface area (TPSA) is 26.0 Å². The van der Waals surface area contributed by atoms with E-state index >= 15 is 0 Å². The number of hydrogen-bond acceptors (Lipinski definition) is 2. The van der Waals surface area contributed by atoms with Gasteiger partial charge in [-0.15, -0.1) is 11.3 Å². The van der Waals surface area contributed by atoms with Crippen molar-refractivity contribution in [1.82, 2.24) is 0 Å². The summed E-state index contributed by atoms with van der Waals surface area (Å²) in [5.41, 5.74) is 8.94. The fraction of sp³-hybridized carbons (Fsp3) is 0.375. The summed E-state index contributed by atoms with van der Waals surface area (Å²) in [4.78, 5) is 2.81. The predicted molar refractivity (Wildman–Crippen MR) is 88.1 cm³/mol. The van der Waals surface area contributed by atoms with Crippen LogP contribution in [0.3, 0.4) is 0 Å². The normalized spacial score (nSPS) is 15.9. The van der Waals surface area contributed by atoms with E-state index in [-0.39, 0.29) is 6.04 Å². The van der Waals surface area contributed by atoms with Gasteiger partial charge in [0.25, 0.3) is 0 Å². The number of halogens is 2. The highest BCUT2D eigenvalue weighted by molar-refractivity contribution is 7.12. The van der Waals surface area contributed by atoms with Crippen LogP contribution >= 0.6 is 34.5 Å². The van der Waals surface area contributed by atoms with Gasteiger partial charge in [0, 0.05) is 25.8 Å². The molecule has 1 atom stereocenters. The summed E-state index contributed by atoms with van der Waals surface area (Å²) < 4.78 is 0. The summed E-state index contributed by atoms with van der Waals surface area (Å²) in [6.07, 6.45) is 5.80. The number of fused-ring (bicyclic) bond motifs is 1. The molecule has 1 aromatic carbocycles. The summed E-state index contributed by atoms with van der Waals surface area (Å²) in [6, 6.07) is 7.94. The van der Waals surface area contributed by atoms with Crippen LogP contribution in [0, 0.1) is 0 Å². The highest BCUT2D eigenvalue weighted by Gasteiger charge is 2.17. The molecule has 1 heterocycles. The van der Waals surface area contributed by atoms with Gasteiger partial charge >= 0.3 is 0 Å². The van der Waals surface area contributed by atoms with Crippen molar-refractivity contribution in [1.29, 1.82) is 0 Å². The molecule has 106 valence electrons. The molecule has 0 radical (unpaired) electrons. The maximum atomic E-state index is 6.36. The van der Waals surface area contributed by atoms with Gasteiger partial charge in [0.15, 0.2) is 0 Å². The average molecular weight is 326 g/mol. The minimum atomic E-state index is 0.0178. The summed E-state index contributed by atoms with van der Waals surface area (Å²) in [7, 11) is 0. The molecule has 0 aliphatic heterocycles. The van der Waals surface area contributed by atoms with Gasteiger partial charge in [-0.1, -0.05) is 29.3 Å². The number of benzene rings is 1. The van der Waals surface area contributed by atoms with E-state index in [1.165, 1.54) is 41.0 Å². The van der Waals surface area contributed by atoms with E-state index in [2.05, 4.69) is 6.07 Å². The summed E-state index contributed by atoms with van der Waals surface area (Å²) in [6.45, 7) is 0. The fourth-order valence-corrected chi connectivity index (χ4v) is 4.47. The fourth-order valence-electron chi connectivity index (χ4n) is 2.72. The third kappa shape index (κ3) is 3.04. The monoisotopic (exact) mass is 325 g/mol. The first-order chi connectivity index (χ1) is 9.63. The van der Waals surface area contributed by atoms with Crippen molar-refractivity contribution in [3.8, 4) is 0 Å². The zero-order chi connectivity index (χ0) is 14.1. The Kier molecular flexibility index (Phi) is 4.37. The van der Waals surface area contributed by atoms with Gasteiger partial charge in [0.05, 0.1) is 0 Å². The lowest BCUT2D eigenvalue weighted by Gasteiger charge is -2.11. The van der Waals surface area contributed by atoms with E-state index < -0.39 is 0 Å². The van der Waals surface area contributed by atoms with Crippen molar-refractivity contribution in [2.75, 3.05) is 0 Å². The molecule has 4 heteroatoms. The minimum Gasteiger partial charge on any atom is -0.323 e. The van der Waals surface area contributed by atoms with E-state index in [9.17, 15) is 0 Å². The molecular formula is C16H17Cl2NS. The lowest BCUT2D eigenvalue weighted by atomic mass is 9.98. The second kappa shape index (κ2) is 6.07. The van der Waals surface area contributed by atoms with E-state index in [1.54, 1.807) is 6.07 Å². The molecule has 20 heavy (non-hydrogen) atoms. The summed E-state index contributed by atoms with van der Waals surface area (Å²) >= 11 is 14.0. The van der Waals surface area contributed by atoms with Crippen LogP contribution in [0.15, 0.2) is 24.3 Å². The van der Waals surface area contributed by atoms with Gasteiger partial charge in [-0.25, -0.2) is 0 Å². The van der Waals surface area contributed by atoms with Crippen LogP contribution in [0.4, 0.5) is 0 Å². The van der Waals surface area contributed by atoms with Crippen molar-refractivity contribution in [3.63, 3.8) is 0 Å². The van der Waals surface area contributed by atoms with Gasteiger partial charge in [-0.05, 0) is 61.4 Å². The number of aryl methyl sites for hydroxylation is 2. The molecule has 2 aromatic rings. The predicted octanol–water partition coefficient (Wildman–Crippen LogP) is 5.18. The van der Waals surface area contributed by atoms with Gasteiger partial charge in [0.1, 0.15) is 0 Å². The molecule has 1 unspecified atom stereocenters. The molecule has 0 amide bonds. The first kappa shape index (κ1) is 14.4. The zero-order valence-corrected chi connectivity index (χ0v) is 13.5. The standard InChI is InChI=1S/C16H17Cl2NS/c17-12-6-5-10(13(18)9-12)7-14(19)16-8-11-3-1-2-4-15(11)20-16/h5-6,8-9,14H,1-4,7,19H2. The van der Waals surface area contributed by atoms with E-state index in [0.29, 0.717) is 10.0 Å². The Morgan fingerprint density at radius 3 is 2.70 bits per heavy atom. The van der Waals surface area contributed by atoms with Gasteiger partial charge in [-0.2, -0.15) is 0 Å². The van der Waals surface area contributed by atoms with Crippen LogP contribution < -0.4 is 5.73 Å². The zero-order valence-electron chi connectivity index (χ0n) is 11.2. The van der Waals surface area contributed by atoms with Gasteiger partial charge < -0.3 is 5.73 Å². The van der Waals surface area contributed by atoms with Crippen molar-refractivity contribution >= 4 is 34.5 Å². The Morgan fingerprint density at radius 1 is 1.15 bits per heavy atom. The number of hydrogen-bond donors (Lipinski definition) is 1. The van der Waals surface area contributed by atoms with E-state index in [4.69, 9.17) is 28.9 Å². The molecule has 2 N–H and O–H groups in total. The molecule has 1 aliphatic carbocycles. The van der Waals surface area contributed by atoms with Crippen molar-refractivity contribution in [3.05, 3.63) is 55.2 Å². The average Bonchev–Trinajstić information content (AvgIpc) is 2.86. The van der Waals surface area contributed by atoms with Crippen LogP contribution in [0.5, 0.6) is 0 Å². The Labute approximate surface area is 133 Å². The highest BCUT2D eigenvalue weighted by Crippen LogP contribution is 2.34. The minimum absolute atomic E-state index is 0.0178. The SMILES string of the molecule is NC(Cc1ccc(Cl)cc1Cl)c1cc2c(s1)CCCC2. The lowest BCUT2D eigenvalue weighted by Crippen LogP contribution is -2.12. The molecule has 3 rings (SSSR count). The van der Waals surface area contributed by atoms with Crippen LogP contribution in [0.1, 0.15) is 39.8 Å². The first-order valence-corrected chi connectivity index (χ1v) is 8.51. The van der Waals surface area contributed by atoms with Crippen molar-refractivity contribution in [2.45, 2.75) is 38.1 Å². The number of nitrogens with two attached hydrogens (primary N) is 1. The Hall–Kier alpha value is -0.540. The second-order valence-corrected chi connectivity index (χ2v) is 7.36. The Morgan fingerprint density at radius 2 is 1.95 bits per heavy atom. The van der Waals surface area contributed by atoms with Crippen LogP contribution in [-0.4, -0.2) is 0 Å². The molecule has 0 saturated heterocycles. The van der Waals surface area contributed by atoms with Crippen LogP contribution in [0.2, 0.25) is 10.0 Å². The van der Waals surface area contributed by atoms with E-state index in [0.717, 1.165) is 12.0 Å². The van der Waals surface area contributed by atoms with E-state index in [1.807, 2.05) is 23.5 Å². The quantitative estimate of drug-likeness (QED) is 0.827. The van der Waals surface area contributed by atoms with Gasteiger partial charge in [0.2, 0.25) is 0 Å². The summed E-state index contributed by atoms with van der Waals surface area (Å²) in [5.74, 6) is 0. The van der Waals surface area contributed by atoms with Crippen molar-refractivity contribution < 1.29 is 0 Å². The van der Waals surface area contributed by atoms with Crippen LogP contribution in [-0.2, 0) is 19.3 Å². The molecule has 0 bridgehead atoms. The third-order valence-electron chi connectivity index (χ3n) is 3.84. The molecule has 1 nitrogen and oxygen atoms in total. The molecule has 0 spiro atoms. The second-order valence-electron chi connectivity index (χ2n) is 5.35. The third-order valence-corrected chi connectivity index (χ3v) is 5.79. The van der Waals surface area contributed by atoms with Crippen molar-refractivity contribution in [2.24, 2.45) is 5.73 Å². The summed E-state index contributed by atoms with van der Waals surface area (Å²) in [5, 5.41) is 1.37. The molecular weight excluding hydrogens is 309 g/mol. The molecule has 1 aliphatic rings. The Balaban J connectivity index is 1.78. The highest BCUT2D eigenvalue weighted by atomic mass is 35.5. The smallest absolute Gasteiger partial charge is 0.0453 e. The Bertz CT molecular complexity index is 597. The van der Waals surface area contributed by atoms with Gasteiger partial charge in [-0.3, -0.25) is 0 Å². The first-order valence-electron chi connectivity index (χ1n) is 6.94. The van der Waals surface area contributed by atoms with Crippen LogP contribution in [0.25, 0.3) is 0 Å². The number of thiophene rings is 1. The molecule has 0 saturated carbocycles.